The van der Waals surface area contributed by atoms with Crippen LogP contribution in [0, 0.1) is 20.8 Å². The molecule has 0 amide bonds. The number of hydrogen-bond donors (Lipinski definition) is 2. The molecule has 0 aliphatic carbocycles. The summed E-state index contributed by atoms with van der Waals surface area (Å²) in [5, 5.41) is 7.23. The predicted octanol–water partition coefficient (Wildman–Crippen LogP) is 0.977. The van der Waals surface area contributed by atoms with Crippen molar-refractivity contribution in [2.75, 3.05) is 6.54 Å². The number of nitrogens with zero attached hydrogens (tertiary/aromatic N) is 3. The molecule has 0 spiro atoms. The molecule has 0 aromatic carbocycles. The van der Waals surface area contributed by atoms with Crippen LogP contribution in [0.3, 0.4) is 0 Å². The maximum Gasteiger partial charge on any atom is 0.255 e. The van der Waals surface area contributed by atoms with Gasteiger partial charge in [0, 0.05) is 37.3 Å². The Morgan fingerprint density at radius 3 is 2.80 bits per heavy atom. The van der Waals surface area contributed by atoms with Crippen LogP contribution in [0.5, 0.6) is 0 Å². The Hall–Kier alpha value is -1.95. The maximum absolute atomic E-state index is 12.0. The zero-order chi connectivity index (χ0) is 14.3. The molecule has 6 heteroatoms. The Labute approximate surface area is 117 Å². The first-order valence-corrected chi connectivity index (χ1v) is 6.86. The summed E-state index contributed by atoms with van der Waals surface area (Å²) in [4.78, 5) is 21.5. The van der Waals surface area contributed by atoms with Crippen LogP contribution in [0.25, 0.3) is 0 Å². The summed E-state index contributed by atoms with van der Waals surface area (Å²) in [7, 11) is 0. The fourth-order valence-electron chi connectivity index (χ4n) is 2.77. The van der Waals surface area contributed by atoms with Crippen LogP contribution in [-0.4, -0.2) is 31.6 Å². The van der Waals surface area contributed by atoms with E-state index in [1.54, 1.807) is 0 Å². The molecule has 1 aliphatic rings. The van der Waals surface area contributed by atoms with Crippen LogP contribution in [0.15, 0.2) is 4.79 Å². The standard InChI is InChI=1S/C14H19N5O/c1-8-11(9(2)18-17-8)6-19-5-4-13-12(7-19)14(20)16-10(3)15-13/h4-7H2,1-3H3,(H,17,18)(H,15,16,20). The zero-order valence-corrected chi connectivity index (χ0v) is 12.1. The van der Waals surface area contributed by atoms with Gasteiger partial charge in [-0.2, -0.15) is 5.10 Å². The van der Waals surface area contributed by atoms with Gasteiger partial charge >= 0.3 is 0 Å². The highest BCUT2D eigenvalue weighted by Crippen LogP contribution is 2.18. The maximum atomic E-state index is 12.0. The lowest BCUT2D eigenvalue weighted by Crippen LogP contribution is -2.35. The quantitative estimate of drug-likeness (QED) is 0.855. The minimum absolute atomic E-state index is 0.00200. The summed E-state index contributed by atoms with van der Waals surface area (Å²) in [5.74, 6) is 0.698. The summed E-state index contributed by atoms with van der Waals surface area (Å²) in [5.41, 5.74) is 5.11. The van der Waals surface area contributed by atoms with E-state index in [0.29, 0.717) is 12.4 Å². The third-order valence-corrected chi connectivity index (χ3v) is 3.93. The first-order chi connectivity index (χ1) is 9.54. The second-order valence-electron chi connectivity index (χ2n) is 5.45. The van der Waals surface area contributed by atoms with Gasteiger partial charge in [0.15, 0.2) is 0 Å². The van der Waals surface area contributed by atoms with Crippen LogP contribution in [-0.2, 0) is 19.5 Å². The molecule has 0 fully saturated rings. The molecule has 106 valence electrons. The molecule has 0 saturated heterocycles. The molecule has 2 N–H and O–H groups in total. The van der Waals surface area contributed by atoms with Crippen LogP contribution in [0.1, 0.15) is 34.0 Å². The molecule has 3 heterocycles. The summed E-state index contributed by atoms with van der Waals surface area (Å²) in [6.07, 6.45) is 0.829. The van der Waals surface area contributed by atoms with E-state index < -0.39 is 0 Å². The lowest BCUT2D eigenvalue weighted by Gasteiger charge is -2.27. The largest absolute Gasteiger partial charge is 0.310 e. The number of rotatable bonds is 2. The predicted molar refractivity (Wildman–Crippen MR) is 75.5 cm³/mol. The average Bonchev–Trinajstić information content (AvgIpc) is 2.71. The molecule has 0 unspecified atom stereocenters. The molecule has 2 aromatic heterocycles. The fourth-order valence-corrected chi connectivity index (χ4v) is 2.77. The van der Waals surface area contributed by atoms with E-state index in [1.165, 1.54) is 5.56 Å². The van der Waals surface area contributed by atoms with E-state index in [2.05, 4.69) is 25.1 Å². The van der Waals surface area contributed by atoms with E-state index in [9.17, 15) is 4.79 Å². The normalized spacial score (nSPS) is 15.3. The summed E-state index contributed by atoms with van der Waals surface area (Å²) in [6, 6.07) is 0. The van der Waals surface area contributed by atoms with Crippen molar-refractivity contribution < 1.29 is 0 Å². The first-order valence-electron chi connectivity index (χ1n) is 6.86. The van der Waals surface area contributed by atoms with Crippen molar-refractivity contribution in [2.45, 2.75) is 40.3 Å². The average molecular weight is 273 g/mol. The number of H-pyrrole nitrogens is 2. The van der Waals surface area contributed by atoms with Gasteiger partial charge in [-0.05, 0) is 20.8 Å². The van der Waals surface area contributed by atoms with Crippen LogP contribution < -0.4 is 5.56 Å². The number of aromatic nitrogens is 4. The van der Waals surface area contributed by atoms with E-state index >= 15 is 0 Å². The molecule has 1 aliphatic heterocycles. The number of aryl methyl sites for hydroxylation is 3. The number of fused-ring (bicyclic) bond motifs is 1. The Morgan fingerprint density at radius 2 is 2.10 bits per heavy atom. The number of hydrogen-bond acceptors (Lipinski definition) is 4. The third kappa shape index (κ3) is 2.27. The number of aromatic amines is 2. The molecular weight excluding hydrogens is 254 g/mol. The molecule has 3 rings (SSSR count). The molecule has 0 radical (unpaired) electrons. The molecule has 0 atom stereocenters. The highest BCUT2D eigenvalue weighted by molar-refractivity contribution is 5.25. The fraction of sp³-hybridized carbons (Fsp3) is 0.500. The Kier molecular flexibility index (Phi) is 3.17. The van der Waals surface area contributed by atoms with E-state index in [1.807, 2.05) is 20.8 Å². The SMILES string of the molecule is Cc1nc2c(c(=O)[nH]1)CN(Cc1c(C)n[nH]c1C)CC2. The Bertz CT molecular complexity index is 681. The lowest BCUT2D eigenvalue weighted by molar-refractivity contribution is 0.240. The van der Waals surface area contributed by atoms with Crippen molar-refractivity contribution in [3.8, 4) is 0 Å². The topological polar surface area (TPSA) is 77.7 Å². The van der Waals surface area contributed by atoms with Gasteiger partial charge in [-0.3, -0.25) is 14.8 Å². The summed E-state index contributed by atoms with van der Waals surface area (Å²) >= 11 is 0. The second kappa shape index (κ2) is 4.86. The van der Waals surface area contributed by atoms with Gasteiger partial charge in [0.2, 0.25) is 0 Å². The van der Waals surface area contributed by atoms with Gasteiger partial charge in [0.1, 0.15) is 5.82 Å². The monoisotopic (exact) mass is 273 g/mol. The van der Waals surface area contributed by atoms with E-state index in [4.69, 9.17) is 0 Å². The summed E-state index contributed by atoms with van der Waals surface area (Å²) in [6.45, 7) is 8.27. The molecule has 0 bridgehead atoms. The first kappa shape index (κ1) is 13.1. The van der Waals surface area contributed by atoms with Gasteiger partial charge < -0.3 is 4.98 Å². The third-order valence-electron chi connectivity index (χ3n) is 3.93. The van der Waals surface area contributed by atoms with Gasteiger partial charge in [0.25, 0.3) is 5.56 Å². The van der Waals surface area contributed by atoms with Gasteiger partial charge in [-0.25, -0.2) is 4.98 Å². The Balaban J connectivity index is 1.84. The molecule has 2 aromatic rings. The second-order valence-corrected chi connectivity index (χ2v) is 5.45. The van der Waals surface area contributed by atoms with Crippen molar-refractivity contribution in [1.29, 1.82) is 0 Å². The van der Waals surface area contributed by atoms with Gasteiger partial charge in [-0.1, -0.05) is 0 Å². The Morgan fingerprint density at radius 1 is 1.30 bits per heavy atom. The van der Waals surface area contributed by atoms with Crippen LogP contribution in [0.2, 0.25) is 0 Å². The number of nitrogens with one attached hydrogen (secondary N) is 2. The van der Waals surface area contributed by atoms with E-state index in [0.717, 1.165) is 42.2 Å². The molecule has 20 heavy (non-hydrogen) atoms. The van der Waals surface area contributed by atoms with Crippen LogP contribution in [0.4, 0.5) is 0 Å². The zero-order valence-electron chi connectivity index (χ0n) is 12.1. The smallest absolute Gasteiger partial charge is 0.255 e. The minimum Gasteiger partial charge on any atom is -0.310 e. The van der Waals surface area contributed by atoms with Gasteiger partial charge in [-0.15, -0.1) is 0 Å². The molecular formula is C14H19N5O. The highest BCUT2D eigenvalue weighted by atomic mass is 16.1. The lowest BCUT2D eigenvalue weighted by atomic mass is 10.1. The van der Waals surface area contributed by atoms with Crippen molar-refractivity contribution in [3.05, 3.63) is 44.4 Å². The van der Waals surface area contributed by atoms with Crippen molar-refractivity contribution in [1.82, 2.24) is 25.1 Å². The molecule has 0 saturated carbocycles. The van der Waals surface area contributed by atoms with Gasteiger partial charge in [0.05, 0.1) is 17.0 Å². The van der Waals surface area contributed by atoms with Crippen molar-refractivity contribution in [3.63, 3.8) is 0 Å². The molecule has 6 nitrogen and oxygen atoms in total. The minimum atomic E-state index is -0.00200. The van der Waals surface area contributed by atoms with Crippen molar-refractivity contribution in [2.24, 2.45) is 0 Å². The van der Waals surface area contributed by atoms with E-state index in [-0.39, 0.29) is 5.56 Å². The van der Waals surface area contributed by atoms with Crippen molar-refractivity contribution >= 4 is 0 Å². The van der Waals surface area contributed by atoms with Crippen LogP contribution >= 0.6 is 0 Å². The highest BCUT2D eigenvalue weighted by Gasteiger charge is 2.22. The summed E-state index contributed by atoms with van der Waals surface area (Å²) < 4.78 is 0.